The molecule has 43 heavy (non-hydrogen) atoms. The number of fused-ring (bicyclic) bond motifs is 1. The van der Waals surface area contributed by atoms with Crippen molar-refractivity contribution in [3.8, 4) is 17.0 Å². The number of nitrogens with one attached hydrogen (secondary N) is 1. The summed E-state index contributed by atoms with van der Waals surface area (Å²) in [4.78, 5) is 8.72. The second kappa shape index (κ2) is 11.8. The van der Waals surface area contributed by atoms with Crippen LogP contribution in [0.5, 0.6) is 5.75 Å². The molecule has 4 heterocycles. The molecule has 1 aliphatic carbocycles. The number of anilines is 2. The molecule has 0 radical (unpaired) electrons. The van der Waals surface area contributed by atoms with Crippen molar-refractivity contribution in [2.45, 2.75) is 55.9 Å². The number of pyridine rings is 1. The average molecular weight is 613 g/mol. The molecule has 3 aromatic heterocycles. The molecular formula is C30H34F2N6O4S. The van der Waals surface area contributed by atoms with Crippen molar-refractivity contribution in [3.63, 3.8) is 0 Å². The van der Waals surface area contributed by atoms with Gasteiger partial charge in [0.1, 0.15) is 23.5 Å². The monoisotopic (exact) mass is 612 g/mol. The second-order valence-electron chi connectivity index (χ2n) is 11.5. The number of nitrogens with zero attached hydrogens (tertiary/aromatic N) is 4. The summed E-state index contributed by atoms with van der Waals surface area (Å²) in [6, 6.07) is 6.97. The zero-order valence-corrected chi connectivity index (χ0v) is 24.7. The normalized spacial score (nSPS) is 23.4. The van der Waals surface area contributed by atoms with Crippen LogP contribution in [0.15, 0.2) is 48.9 Å². The van der Waals surface area contributed by atoms with E-state index in [4.69, 9.17) is 15.2 Å². The molecule has 2 aliphatic rings. The first kappa shape index (κ1) is 29.4. The summed E-state index contributed by atoms with van der Waals surface area (Å²) in [7, 11) is -3.29. The maximum atomic E-state index is 15.3. The number of sulfone groups is 1. The number of aromatic nitrogens is 4. The summed E-state index contributed by atoms with van der Waals surface area (Å²) in [5, 5.41) is 7.20. The van der Waals surface area contributed by atoms with Gasteiger partial charge in [-0.1, -0.05) is 6.92 Å². The fourth-order valence-electron chi connectivity index (χ4n) is 6.49. The molecule has 4 atom stereocenters. The van der Waals surface area contributed by atoms with Crippen molar-refractivity contribution in [2.24, 2.45) is 11.7 Å². The van der Waals surface area contributed by atoms with Gasteiger partial charge < -0.3 is 20.5 Å². The van der Waals surface area contributed by atoms with Crippen LogP contribution >= 0.6 is 0 Å². The molecule has 0 amide bonds. The molecule has 1 aliphatic heterocycles. The standard InChI is InChI=1S/C30H34F2N6O4S/c1-17-11-18(12-25(33)29(17)43(2,39)40)22-5-8-34-16-27(22)36-30-35-15-19-3-4-26(37-38(19)30)28-23(31)13-21(14-24(28)32)42-20-6-9-41-10-7-20/h3-5,8,13-18,20,25,29H,6-7,9-12,33H2,1-2H3,(H,35,36)/t17-,18+,25+,29-/m0/s1. The predicted molar refractivity (Wildman–Crippen MR) is 158 cm³/mol. The highest BCUT2D eigenvalue weighted by atomic mass is 32.2. The van der Waals surface area contributed by atoms with Gasteiger partial charge in [-0.05, 0) is 48.4 Å². The van der Waals surface area contributed by atoms with E-state index < -0.39 is 32.8 Å². The molecule has 228 valence electrons. The maximum Gasteiger partial charge on any atom is 0.229 e. The van der Waals surface area contributed by atoms with Gasteiger partial charge in [-0.15, -0.1) is 0 Å². The van der Waals surface area contributed by atoms with E-state index >= 15 is 8.78 Å². The Hall–Kier alpha value is -3.68. The second-order valence-corrected chi connectivity index (χ2v) is 13.7. The molecule has 0 spiro atoms. The Kier molecular flexibility index (Phi) is 8.05. The molecule has 0 unspecified atom stereocenters. The lowest BCUT2D eigenvalue weighted by Crippen LogP contribution is -2.48. The van der Waals surface area contributed by atoms with Gasteiger partial charge in [0.25, 0.3) is 0 Å². The summed E-state index contributed by atoms with van der Waals surface area (Å²) in [5.74, 6) is -1.25. The van der Waals surface area contributed by atoms with Gasteiger partial charge in [-0.25, -0.2) is 22.2 Å². The van der Waals surface area contributed by atoms with E-state index in [1.807, 2.05) is 13.0 Å². The van der Waals surface area contributed by atoms with Gasteiger partial charge in [0.15, 0.2) is 9.84 Å². The number of imidazole rings is 1. The van der Waals surface area contributed by atoms with Gasteiger partial charge in [0.2, 0.25) is 5.95 Å². The van der Waals surface area contributed by atoms with Crippen LogP contribution in [0, 0.1) is 17.6 Å². The SMILES string of the molecule is C[C@H]1C[C@@H](c2ccncc2Nc2ncc3ccc(-c4c(F)cc(OC5CCOCC5)cc4F)nn23)C[C@@H](N)[C@H]1S(C)(=O)=O. The van der Waals surface area contributed by atoms with Gasteiger partial charge in [-0.2, -0.15) is 9.61 Å². The molecule has 13 heteroatoms. The van der Waals surface area contributed by atoms with E-state index in [1.165, 1.54) is 22.9 Å². The van der Waals surface area contributed by atoms with Crippen molar-refractivity contribution in [1.82, 2.24) is 19.6 Å². The average Bonchev–Trinajstić information content (AvgIpc) is 3.34. The van der Waals surface area contributed by atoms with E-state index in [0.717, 1.165) is 5.56 Å². The van der Waals surface area contributed by atoms with Crippen LogP contribution in [-0.4, -0.2) is 64.9 Å². The number of hydrogen-bond acceptors (Lipinski definition) is 9. The largest absolute Gasteiger partial charge is 0.490 e. The molecule has 4 aromatic rings. The topological polar surface area (TPSA) is 134 Å². The van der Waals surface area contributed by atoms with Gasteiger partial charge >= 0.3 is 0 Å². The lowest BCUT2D eigenvalue weighted by molar-refractivity contribution is 0.0253. The van der Waals surface area contributed by atoms with Crippen molar-refractivity contribution in [1.29, 1.82) is 0 Å². The molecular weight excluding hydrogens is 578 g/mol. The minimum absolute atomic E-state index is 0.00620. The minimum atomic E-state index is -3.29. The number of benzene rings is 1. The quantitative estimate of drug-likeness (QED) is 0.307. The smallest absolute Gasteiger partial charge is 0.229 e. The van der Waals surface area contributed by atoms with E-state index in [9.17, 15) is 8.42 Å². The first-order valence-electron chi connectivity index (χ1n) is 14.3. The Morgan fingerprint density at radius 2 is 1.84 bits per heavy atom. The maximum absolute atomic E-state index is 15.3. The zero-order valence-electron chi connectivity index (χ0n) is 23.9. The molecule has 6 rings (SSSR count). The Morgan fingerprint density at radius 1 is 1.09 bits per heavy atom. The molecule has 1 saturated carbocycles. The van der Waals surface area contributed by atoms with Crippen LogP contribution in [-0.2, 0) is 14.6 Å². The zero-order chi connectivity index (χ0) is 30.3. The Bertz CT molecular complexity index is 1710. The lowest BCUT2D eigenvalue weighted by atomic mass is 9.76. The fourth-order valence-corrected chi connectivity index (χ4v) is 8.20. The Morgan fingerprint density at radius 3 is 2.53 bits per heavy atom. The van der Waals surface area contributed by atoms with Crippen molar-refractivity contribution >= 4 is 27.0 Å². The van der Waals surface area contributed by atoms with E-state index in [2.05, 4.69) is 20.4 Å². The molecule has 10 nitrogen and oxygen atoms in total. The Balaban J connectivity index is 1.27. The summed E-state index contributed by atoms with van der Waals surface area (Å²) in [5.41, 5.74) is 8.40. The third-order valence-electron chi connectivity index (χ3n) is 8.36. The van der Waals surface area contributed by atoms with E-state index in [1.54, 1.807) is 30.7 Å². The minimum Gasteiger partial charge on any atom is -0.490 e. The first-order chi connectivity index (χ1) is 20.6. The van der Waals surface area contributed by atoms with Gasteiger partial charge in [0.05, 0.1) is 53.3 Å². The molecule has 3 N–H and O–H groups in total. The number of ether oxygens (including phenoxy) is 2. The van der Waals surface area contributed by atoms with Gasteiger partial charge in [0, 0.05) is 43.5 Å². The summed E-state index contributed by atoms with van der Waals surface area (Å²) in [6.45, 7) is 3.02. The van der Waals surface area contributed by atoms with Crippen LogP contribution in [0.1, 0.15) is 44.1 Å². The van der Waals surface area contributed by atoms with Crippen molar-refractivity contribution in [3.05, 3.63) is 66.1 Å². The number of hydrogen-bond donors (Lipinski definition) is 2. The molecule has 1 saturated heterocycles. The molecule has 2 fully saturated rings. The number of nitrogens with two attached hydrogens (primary N) is 1. The van der Waals surface area contributed by atoms with Crippen molar-refractivity contribution < 1.29 is 26.7 Å². The van der Waals surface area contributed by atoms with Crippen LogP contribution < -0.4 is 15.8 Å². The third kappa shape index (κ3) is 6.06. The highest BCUT2D eigenvalue weighted by molar-refractivity contribution is 7.91. The summed E-state index contributed by atoms with van der Waals surface area (Å²) in [6.07, 6.45) is 8.49. The molecule has 1 aromatic carbocycles. The highest BCUT2D eigenvalue weighted by Crippen LogP contribution is 2.41. The van der Waals surface area contributed by atoms with Crippen LogP contribution in [0.4, 0.5) is 20.4 Å². The van der Waals surface area contributed by atoms with Crippen LogP contribution in [0.2, 0.25) is 0 Å². The number of rotatable bonds is 7. The van der Waals surface area contributed by atoms with E-state index in [0.29, 0.717) is 56.0 Å². The highest BCUT2D eigenvalue weighted by Gasteiger charge is 2.40. The summed E-state index contributed by atoms with van der Waals surface area (Å²) < 4.78 is 67.8. The predicted octanol–water partition coefficient (Wildman–Crippen LogP) is 4.62. The molecule has 0 bridgehead atoms. The van der Waals surface area contributed by atoms with Gasteiger partial charge in [-0.3, -0.25) is 4.98 Å². The van der Waals surface area contributed by atoms with Crippen LogP contribution in [0.25, 0.3) is 16.8 Å². The number of halogens is 2. The lowest BCUT2D eigenvalue weighted by Gasteiger charge is -2.38. The summed E-state index contributed by atoms with van der Waals surface area (Å²) >= 11 is 0. The van der Waals surface area contributed by atoms with E-state index in [-0.39, 0.29) is 34.9 Å². The Labute approximate surface area is 248 Å². The van der Waals surface area contributed by atoms with Crippen molar-refractivity contribution in [2.75, 3.05) is 24.8 Å². The third-order valence-corrected chi connectivity index (χ3v) is 10.2. The van der Waals surface area contributed by atoms with Crippen LogP contribution in [0.3, 0.4) is 0 Å². The first-order valence-corrected chi connectivity index (χ1v) is 16.3. The fraction of sp³-hybridized carbons (Fsp3) is 0.433.